The number of rotatable bonds is 7. The Labute approximate surface area is 179 Å². The molecule has 0 radical (unpaired) electrons. The number of nitrogens with one attached hydrogen (secondary N) is 2. The van der Waals surface area contributed by atoms with Gasteiger partial charge in [0.1, 0.15) is 11.6 Å². The average Bonchev–Trinajstić information content (AvgIpc) is 2.75. The minimum Gasteiger partial charge on any atom is -0.449 e. The number of amides is 3. The van der Waals surface area contributed by atoms with Crippen molar-refractivity contribution in [1.29, 1.82) is 0 Å². The van der Waals surface area contributed by atoms with E-state index >= 15 is 0 Å². The van der Waals surface area contributed by atoms with Crippen molar-refractivity contribution in [1.82, 2.24) is 10.2 Å². The normalized spacial score (nSPS) is 14.2. The van der Waals surface area contributed by atoms with E-state index < -0.39 is 17.7 Å². The smallest absolute Gasteiger partial charge is 0.404 e. The van der Waals surface area contributed by atoms with Gasteiger partial charge in [-0.2, -0.15) is 0 Å². The Morgan fingerprint density at radius 2 is 1.71 bits per heavy atom. The molecule has 1 fully saturated rings. The van der Waals surface area contributed by atoms with Gasteiger partial charge in [0, 0.05) is 36.8 Å². The zero-order chi connectivity index (χ0) is 22.2. The first kappa shape index (κ1) is 22.3. The molecule has 9 heteroatoms. The lowest BCUT2D eigenvalue weighted by molar-refractivity contribution is 0.158. The van der Waals surface area contributed by atoms with Gasteiger partial charge in [0.15, 0.2) is 0 Å². The third-order valence-electron chi connectivity index (χ3n) is 5.22. The van der Waals surface area contributed by atoms with Gasteiger partial charge in [-0.25, -0.2) is 18.4 Å². The second kappa shape index (κ2) is 10.6. The number of nitrogens with two attached hydrogens (primary N) is 1. The average molecular weight is 432 g/mol. The Bertz CT molecular complexity index is 880. The Hall–Kier alpha value is -3.36. The van der Waals surface area contributed by atoms with Crippen LogP contribution in [0.15, 0.2) is 42.5 Å². The molecule has 1 heterocycles. The van der Waals surface area contributed by atoms with Crippen LogP contribution in [0, 0.1) is 11.6 Å². The minimum atomic E-state index is -0.780. The molecule has 0 atom stereocenters. The second-order valence-corrected chi connectivity index (χ2v) is 7.38. The highest BCUT2D eigenvalue weighted by Gasteiger charge is 2.23. The number of carbonyl (C=O) groups excluding carboxylic acids is 2. The van der Waals surface area contributed by atoms with Crippen molar-refractivity contribution in [2.75, 3.05) is 25.0 Å². The zero-order valence-corrected chi connectivity index (χ0v) is 17.1. The third kappa shape index (κ3) is 6.56. The number of hydrogen-bond donors (Lipinski definition) is 3. The number of halogens is 2. The fraction of sp³-hybridized carbons (Fsp3) is 0.364. The molecule has 1 aliphatic rings. The van der Waals surface area contributed by atoms with Gasteiger partial charge in [0.05, 0.1) is 13.2 Å². The number of hydrogen-bond acceptors (Lipinski definition) is 4. The van der Waals surface area contributed by atoms with Crippen molar-refractivity contribution in [3.8, 4) is 0 Å². The predicted octanol–water partition coefficient (Wildman–Crippen LogP) is 3.39. The summed E-state index contributed by atoms with van der Waals surface area (Å²) >= 11 is 0. The molecule has 1 aliphatic heterocycles. The van der Waals surface area contributed by atoms with E-state index in [-0.39, 0.29) is 30.8 Å². The van der Waals surface area contributed by atoms with Gasteiger partial charge < -0.3 is 26.0 Å². The molecule has 31 heavy (non-hydrogen) atoms. The van der Waals surface area contributed by atoms with Crippen LogP contribution in [0.5, 0.6) is 0 Å². The maximum Gasteiger partial charge on any atom is 0.404 e. The summed E-state index contributed by atoms with van der Waals surface area (Å²) in [7, 11) is 0. The molecule has 2 aromatic rings. The second-order valence-electron chi connectivity index (χ2n) is 7.38. The van der Waals surface area contributed by atoms with E-state index in [0.717, 1.165) is 24.1 Å². The SMILES string of the molecule is NC(=O)OCCc1ccc(NC2CCN(C(=O)NCc3c(F)cccc3F)CC2)cc1. The third-order valence-corrected chi connectivity index (χ3v) is 5.22. The van der Waals surface area contributed by atoms with Gasteiger partial charge in [-0.15, -0.1) is 0 Å². The summed E-state index contributed by atoms with van der Waals surface area (Å²) in [6.07, 6.45) is 1.33. The van der Waals surface area contributed by atoms with E-state index in [0.29, 0.717) is 19.5 Å². The lowest BCUT2D eigenvalue weighted by atomic mass is 10.0. The fourth-order valence-corrected chi connectivity index (χ4v) is 3.48. The van der Waals surface area contributed by atoms with E-state index in [1.54, 1.807) is 4.90 Å². The van der Waals surface area contributed by atoms with Crippen molar-refractivity contribution < 1.29 is 23.1 Å². The molecule has 0 aliphatic carbocycles. The first-order valence-corrected chi connectivity index (χ1v) is 10.2. The Morgan fingerprint density at radius 3 is 2.32 bits per heavy atom. The highest BCUT2D eigenvalue weighted by molar-refractivity contribution is 5.74. The summed E-state index contributed by atoms with van der Waals surface area (Å²) in [5, 5.41) is 6.04. The summed E-state index contributed by atoms with van der Waals surface area (Å²) in [6.45, 7) is 1.15. The molecule has 3 amide bonds. The molecule has 0 saturated carbocycles. The number of nitrogens with zero attached hydrogens (tertiary/aromatic N) is 1. The standard InChI is InChI=1S/C22H26F2N4O3/c23-19-2-1-3-20(24)18(19)14-26-22(30)28-11-8-17(9-12-28)27-16-6-4-15(5-7-16)10-13-31-21(25)29/h1-7,17,27H,8-14H2,(H2,25,29)(H,26,30). The lowest BCUT2D eigenvalue weighted by Crippen LogP contribution is -2.46. The molecule has 0 aromatic heterocycles. The van der Waals surface area contributed by atoms with Gasteiger partial charge in [0.25, 0.3) is 0 Å². The number of benzene rings is 2. The summed E-state index contributed by atoms with van der Waals surface area (Å²) in [4.78, 5) is 24.6. The summed E-state index contributed by atoms with van der Waals surface area (Å²) in [6, 6.07) is 11.4. The maximum atomic E-state index is 13.7. The Morgan fingerprint density at radius 1 is 1.06 bits per heavy atom. The van der Waals surface area contributed by atoms with E-state index in [9.17, 15) is 18.4 Å². The van der Waals surface area contributed by atoms with Crippen molar-refractivity contribution in [3.05, 3.63) is 65.2 Å². The quantitative estimate of drug-likeness (QED) is 0.625. The van der Waals surface area contributed by atoms with Crippen LogP contribution < -0.4 is 16.4 Å². The molecular formula is C22H26F2N4O3. The highest BCUT2D eigenvalue weighted by atomic mass is 19.1. The van der Waals surface area contributed by atoms with Crippen LogP contribution in [0.3, 0.4) is 0 Å². The van der Waals surface area contributed by atoms with Gasteiger partial charge in [-0.1, -0.05) is 18.2 Å². The minimum absolute atomic E-state index is 0.142. The van der Waals surface area contributed by atoms with E-state index in [1.807, 2.05) is 24.3 Å². The van der Waals surface area contributed by atoms with Crippen molar-refractivity contribution >= 4 is 17.8 Å². The number of likely N-dealkylation sites (tertiary alicyclic amines) is 1. The van der Waals surface area contributed by atoms with Gasteiger partial charge in [-0.3, -0.25) is 0 Å². The van der Waals surface area contributed by atoms with Crippen LogP contribution in [0.2, 0.25) is 0 Å². The predicted molar refractivity (Wildman–Crippen MR) is 112 cm³/mol. The molecule has 2 aromatic carbocycles. The Kier molecular flexibility index (Phi) is 7.64. The fourth-order valence-electron chi connectivity index (χ4n) is 3.48. The van der Waals surface area contributed by atoms with Gasteiger partial charge in [0.2, 0.25) is 0 Å². The number of piperidine rings is 1. The largest absolute Gasteiger partial charge is 0.449 e. The molecule has 0 bridgehead atoms. The first-order valence-electron chi connectivity index (χ1n) is 10.2. The van der Waals surface area contributed by atoms with Crippen molar-refractivity contribution in [2.45, 2.75) is 31.8 Å². The van der Waals surface area contributed by atoms with Crippen LogP contribution in [0.1, 0.15) is 24.0 Å². The number of urea groups is 1. The van der Waals surface area contributed by atoms with Crippen LogP contribution >= 0.6 is 0 Å². The summed E-state index contributed by atoms with van der Waals surface area (Å²) < 4.78 is 32.1. The number of ether oxygens (including phenoxy) is 1. The molecule has 166 valence electrons. The van der Waals surface area contributed by atoms with Gasteiger partial charge in [-0.05, 0) is 42.7 Å². The molecule has 0 spiro atoms. The van der Waals surface area contributed by atoms with E-state index in [2.05, 4.69) is 10.6 Å². The van der Waals surface area contributed by atoms with Crippen molar-refractivity contribution in [3.63, 3.8) is 0 Å². The monoisotopic (exact) mass is 432 g/mol. The molecule has 0 unspecified atom stereocenters. The van der Waals surface area contributed by atoms with E-state index in [1.165, 1.54) is 18.2 Å². The van der Waals surface area contributed by atoms with Crippen LogP contribution in [0.25, 0.3) is 0 Å². The maximum absolute atomic E-state index is 13.7. The van der Waals surface area contributed by atoms with Crippen LogP contribution in [-0.2, 0) is 17.7 Å². The van der Waals surface area contributed by atoms with Crippen molar-refractivity contribution in [2.24, 2.45) is 5.73 Å². The number of anilines is 1. The van der Waals surface area contributed by atoms with Gasteiger partial charge >= 0.3 is 12.1 Å². The topological polar surface area (TPSA) is 96.7 Å². The molecule has 3 rings (SSSR count). The molecular weight excluding hydrogens is 406 g/mol. The first-order chi connectivity index (χ1) is 14.9. The van der Waals surface area contributed by atoms with Crippen LogP contribution in [-0.4, -0.2) is 42.8 Å². The molecule has 7 nitrogen and oxygen atoms in total. The number of carbonyl (C=O) groups is 2. The zero-order valence-electron chi connectivity index (χ0n) is 17.1. The van der Waals surface area contributed by atoms with E-state index in [4.69, 9.17) is 10.5 Å². The molecule has 1 saturated heterocycles. The van der Waals surface area contributed by atoms with Crippen LogP contribution in [0.4, 0.5) is 24.1 Å². The number of primary amides is 1. The highest BCUT2D eigenvalue weighted by Crippen LogP contribution is 2.18. The molecule has 4 N–H and O–H groups in total. The Balaban J connectivity index is 1.41. The lowest BCUT2D eigenvalue weighted by Gasteiger charge is -2.33. The summed E-state index contributed by atoms with van der Waals surface area (Å²) in [5.74, 6) is -1.34. The summed E-state index contributed by atoms with van der Waals surface area (Å²) in [5.41, 5.74) is 6.80.